The minimum Gasteiger partial charge on any atom is -0.496 e. The van der Waals surface area contributed by atoms with E-state index in [1.165, 1.54) is 16.0 Å². The third-order valence-corrected chi connectivity index (χ3v) is 5.19. The molecule has 4 rings (SSSR count). The van der Waals surface area contributed by atoms with Crippen molar-refractivity contribution in [2.75, 3.05) is 12.4 Å². The fourth-order valence-electron chi connectivity index (χ4n) is 3.00. The van der Waals surface area contributed by atoms with Crippen molar-refractivity contribution in [2.24, 2.45) is 0 Å². The number of anilines is 1. The minimum atomic E-state index is -0.202. The zero-order valence-corrected chi connectivity index (χ0v) is 15.2. The first kappa shape index (κ1) is 17.5. The Morgan fingerprint density at radius 2 is 1.88 bits per heavy atom. The summed E-state index contributed by atoms with van der Waals surface area (Å²) in [7, 11) is 1.56. The molecule has 1 aliphatic rings. The van der Waals surface area contributed by atoms with Crippen LogP contribution in [-0.4, -0.2) is 18.0 Å². The van der Waals surface area contributed by atoms with Crippen molar-refractivity contribution in [1.29, 1.82) is 0 Å². The molecule has 0 atom stereocenters. The number of nitrogens with zero attached hydrogens (tertiary/aromatic N) is 1. The number of hydrogen-bond acceptors (Lipinski definition) is 4. The molecule has 0 aliphatic heterocycles. The second kappa shape index (κ2) is 7.25. The van der Waals surface area contributed by atoms with Crippen LogP contribution < -0.4 is 10.1 Å². The van der Waals surface area contributed by atoms with E-state index in [0.29, 0.717) is 16.4 Å². The van der Waals surface area contributed by atoms with Crippen LogP contribution in [0.3, 0.4) is 0 Å². The van der Waals surface area contributed by atoms with Gasteiger partial charge in [0.15, 0.2) is 5.13 Å². The average Bonchev–Trinajstić information content (AvgIpc) is 3.04. The van der Waals surface area contributed by atoms with Gasteiger partial charge in [-0.1, -0.05) is 36.4 Å². The van der Waals surface area contributed by atoms with Gasteiger partial charge in [0.25, 0.3) is 5.91 Å². The number of nitrogens with one attached hydrogen (secondary N) is 1. The number of hydrogen-bond donors (Lipinski definition) is 1. The highest BCUT2D eigenvalue weighted by Crippen LogP contribution is 2.38. The smallest absolute Gasteiger partial charge is 0.261 e. The van der Waals surface area contributed by atoms with Gasteiger partial charge in [-0.2, -0.15) is 0 Å². The van der Waals surface area contributed by atoms with Crippen molar-refractivity contribution >= 4 is 34.8 Å². The Kier molecular flexibility index (Phi) is 5.06. The number of rotatable bonds is 3. The van der Waals surface area contributed by atoms with E-state index in [0.717, 1.165) is 18.5 Å². The van der Waals surface area contributed by atoms with Gasteiger partial charge in [-0.3, -0.25) is 10.1 Å². The summed E-state index contributed by atoms with van der Waals surface area (Å²) in [5, 5.41) is 3.54. The van der Waals surface area contributed by atoms with Crippen LogP contribution in [0.5, 0.6) is 5.75 Å². The van der Waals surface area contributed by atoms with Crippen LogP contribution in [0.15, 0.2) is 48.5 Å². The molecular formula is C19H17ClN2O2S. The topological polar surface area (TPSA) is 51.2 Å². The van der Waals surface area contributed by atoms with Crippen LogP contribution in [0, 0.1) is 0 Å². The molecular weight excluding hydrogens is 356 g/mol. The van der Waals surface area contributed by atoms with Crippen molar-refractivity contribution in [2.45, 2.75) is 12.8 Å². The Hall–Kier alpha value is -2.37. The van der Waals surface area contributed by atoms with Crippen molar-refractivity contribution in [3.05, 3.63) is 64.5 Å². The second-order valence-electron chi connectivity index (χ2n) is 5.60. The number of benzene rings is 2. The van der Waals surface area contributed by atoms with E-state index in [1.807, 2.05) is 18.2 Å². The molecule has 0 saturated heterocycles. The Morgan fingerprint density at radius 1 is 1.12 bits per heavy atom. The predicted octanol–water partition coefficient (Wildman–Crippen LogP) is 4.59. The summed E-state index contributed by atoms with van der Waals surface area (Å²) in [5.41, 5.74) is 4.00. The molecule has 0 spiro atoms. The first-order chi connectivity index (χ1) is 11.8. The average molecular weight is 373 g/mol. The molecule has 0 radical (unpaired) electrons. The lowest BCUT2D eigenvalue weighted by Crippen LogP contribution is -2.12. The molecule has 1 N–H and O–H groups in total. The van der Waals surface area contributed by atoms with E-state index in [9.17, 15) is 4.79 Å². The SMILES string of the molecule is COc1ccccc1C(=O)Nc1nc2c(s1)CCc1ccccc1-2.Cl. The second-order valence-corrected chi connectivity index (χ2v) is 6.69. The van der Waals surface area contributed by atoms with Gasteiger partial charge >= 0.3 is 0 Å². The lowest BCUT2D eigenvalue weighted by molar-refractivity contribution is 0.102. The number of ether oxygens (including phenoxy) is 1. The van der Waals surface area contributed by atoms with Crippen LogP contribution in [0.2, 0.25) is 0 Å². The van der Waals surface area contributed by atoms with E-state index in [-0.39, 0.29) is 18.3 Å². The summed E-state index contributed by atoms with van der Waals surface area (Å²) >= 11 is 1.55. The van der Waals surface area contributed by atoms with Gasteiger partial charge in [0, 0.05) is 10.4 Å². The summed E-state index contributed by atoms with van der Waals surface area (Å²) in [6.07, 6.45) is 1.99. The number of amides is 1. The fourth-order valence-corrected chi connectivity index (χ4v) is 3.97. The number of methoxy groups -OCH3 is 1. The maximum absolute atomic E-state index is 12.5. The number of thiazole rings is 1. The van der Waals surface area contributed by atoms with Gasteiger partial charge in [-0.15, -0.1) is 23.7 Å². The molecule has 1 amide bonds. The molecule has 2 aromatic carbocycles. The summed E-state index contributed by atoms with van der Waals surface area (Å²) in [5.74, 6) is 0.355. The normalized spacial score (nSPS) is 11.7. The molecule has 0 unspecified atom stereocenters. The third-order valence-electron chi connectivity index (χ3n) is 4.16. The molecule has 25 heavy (non-hydrogen) atoms. The van der Waals surface area contributed by atoms with Crippen molar-refractivity contribution < 1.29 is 9.53 Å². The molecule has 1 aliphatic carbocycles. The quantitative estimate of drug-likeness (QED) is 0.731. The number of carbonyl (C=O) groups is 1. The zero-order valence-electron chi connectivity index (χ0n) is 13.6. The maximum Gasteiger partial charge on any atom is 0.261 e. The molecule has 1 heterocycles. The van der Waals surface area contributed by atoms with Crippen LogP contribution >= 0.6 is 23.7 Å². The lowest BCUT2D eigenvalue weighted by atomic mass is 9.94. The standard InChI is InChI=1S/C19H16N2O2S.ClH/c1-23-15-9-5-4-8-14(15)18(22)21-19-20-17-13-7-3-2-6-12(13)10-11-16(17)24-19;/h2-9H,10-11H2,1H3,(H,20,21,22);1H. The van der Waals surface area contributed by atoms with E-state index in [4.69, 9.17) is 4.74 Å². The van der Waals surface area contributed by atoms with Gasteiger partial charge in [0.2, 0.25) is 0 Å². The number of para-hydroxylation sites is 1. The Labute approximate surface area is 156 Å². The van der Waals surface area contributed by atoms with E-state index in [2.05, 4.69) is 28.5 Å². The summed E-state index contributed by atoms with van der Waals surface area (Å²) < 4.78 is 5.25. The van der Waals surface area contributed by atoms with Crippen molar-refractivity contribution in [1.82, 2.24) is 4.98 Å². The molecule has 1 aromatic heterocycles. The van der Waals surface area contributed by atoms with Crippen LogP contribution in [-0.2, 0) is 12.8 Å². The van der Waals surface area contributed by atoms with E-state index in [1.54, 1.807) is 30.6 Å². The highest BCUT2D eigenvalue weighted by molar-refractivity contribution is 7.16. The van der Waals surface area contributed by atoms with Gasteiger partial charge in [0.05, 0.1) is 18.4 Å². The highest BCUT2D eigenvalue weighted by Gasteiger charge is 2.22. The monoisotopic (exact) mass is 372 g/mol. The first-order valence-corrected chi connectivity index (χ1v) is 8.60. The number of halogens is 1. The predicted molar refractivity (Wildman–Crippen MR) is 103 cm³/mol. The van der Waals surface area contributed by atoms with Gasteiger partial charge in [-0.25, -0.2) is 4.98 Å². The van der Waals surface area contributed by atoms with E-state index < -0.39 is 0 Å². The molecule has 3 aromatic rings. The van der Waals surface area contributed by atoms with Gasteiger partial charge in [0.1, 0.15) is 5.75 Å². The number of aromatic nitrogens is 1. The highest BCUT2D eigenvalue weighted by atomic mass is 35.5. The van der Waals surface area contributed by atoms with E-state index >= 15 is 0 Å². The van der Waals surface area contributed by atoms with Gasteiger partial charge in [-0.05, 0) is 30.5 Å². The molecule has 0 bridgehead atoms. The summed E-state index contributed by atoms with van der Waals surface area (Å²) in [6.45, 7) is 0. The minimum absolute atomic E-state index is 0. The first-order valence-electron chi connectivity index (χ1n) is 7.78. The van der Waals surface area contributed by atoms with Crippen molar-refractivity contribution in [3.8, 4) is 17.0 Å². The Balaban J connectivity index is 0.00000182. The largest absolute Gasteiger partial charge is 0.496 e. The van der Waals surface area contributed by atoms with Crippen LogP contribution in [0.25, 0.3) is 11.3 Å². The van der Waals surface area contributed by atoms with Gasteiger partial charge < -0.3 is 4.74 Å². The number of carbonyl (C=O) groups excluding carboxylic acids is 1. The molecule has 128 valence electrons. The fraction of sp³-hybridized carbons (Fsp3) is 0.158. The summed E-state index contributed by atoms with van der Waals surface area (Å²) in [4.78, 5) is 18.4. The van der Waals surface area contributed by atoms with Crippen LogP contribution in [0.4, 0.5) is 5.13 Å². The number of aryl methyl sites for hydroxylation is 2. The Bertz CT molecular complexity index is 923. The maximum atomic E-state index is 12.5. The summed E-state index contributed by atoms with van der Waals surface area (Å²) in [6, 6.07) is 15.5. The number of fused-ring (bicyclic) bond motifs is 3. The van der Waals surface area contributed by atoms with Crippen LogP contribution in [0.1, 0.15) is 20.8 Å². The van der Waals surface area contributed by atoms with Crippen molar-refractivity contribution in [3.63, 3.8) is 0 Å². The molecule has 0 fully saturated rings. The molecule has 6 heteroatoms. The lowest BCUT2D eigenvalue weighted by Gasteiger charge is -2.13. The molecule has 0 saturated carbocycles. The Morgan fingerprint density at radius 3 is 2.72 bits per heavy atom. The molecule has 4 nitrogen and oxygen atoms in total. The zero-order chi connectivity index (χ0) is 16.5. The third kappa shape index (κ3) is 3.25.